The molecule has 2 rings (SSSR count). The first kappa shape index (κ1) is 20.9. The van der Waals surface area contributed by atoms with Crippen molar-refractivity contribution in [3.05, 3.63) is 52.0 Å². The van der Waals surface area contributed by atoms with Gasteiger partial charge in [0.2, 0.25) is 0 Å². The molecule has 0 fully saturated rings. The Kier molecular flexibility index (Phi) is 7.75. The molecule has 2 amide bonds. The van der Waals surface area contributed by atoms with E-state index in [0.717, 1.165) is 0 Å². The molecule has 0 aliphatic rings. The standard InChI is InChI=1S/C18H18BrClN2O5/c1-11(27-16-6-4-3-5-15(16)25-2)18(24)22-21-17(23)10-26-14-8-7-12(20)9-13(14)19/h3-9,11H,10H2,1-2H3,(H,21,23)(H,22,24). The molecule has 0 aromatic heterocycles. The highest BCUT2D eigenvalue weighted by Crippen LogP contribution is 2.28. The number of halogens is 2. The van der Waals surface area contributed by atoms with Crippen LogP contribution >= 0.6 is 27.5 Å². The summed E-state index contributed by atoms with van der Waals surface area (Å²) in [6.45, 7) is 1.26. The van der Waals surface area contributed by atoms with E-state index >= 15 is 0 Å². The summed E-state index contributed by atoms with van der Waals surface area (Å²) in [5, 5.41) is 0.537. The van der Waals surface area contributed by atoms with Gasteiger partial charge in [0.1, 0.15) is 5.75 Å². The van der Waals surface area contributed by atoms with Gasteiger partial charge < -0.3 is 14.2 Å². The number of hydrogen-bond donors (Lipinski definition) is 2. The Hall–Kier alpha value is -2.45. The van der Waals surface area contributed by atoms with E-state index in [-0.39, 0.29) is 6.61 Å². The Morgan fingerprint density at radius 3 is 2.48 bits per heavy atom. The van der Waals surface area contributed by atoms with Gasteiger partial charge in [0, 0.05) is 5.02 Å². The van der Waals surface area contributed by atoms with E-state index in [4.69, 9.17) is 25.8 Å². The van der Waals surface area contributed by atoms with Gasteiger partial charge in [-0.15, -0.1) is 0 Å². The SMILES string of the molecule is COc1ccccc1OC(C)C(=O)NNC(=O)COc1ccc(Cl)cc1Br. The van der Waals surface area contributed by atoms with Crippen LogP contribution in [0.25, 0.3) is 0 Å². The van der Waals surface area contributed by atoms with Crippen molar-refractivity contribution in [2.24, 2.45) is 0 Å². The van der Waals surface area contributed by atoms with Gasteiger partial charge in [0.25, 0.3) is 11.8 Å². The highest BCUT2D eigenvalue weighted by Gasteiger charge is 2.17. The third-order valence-electron chi connectivity index (χ3n) is 3.32. The molecule has 0 radical (unpaired) electrons. The van der Waals surface area contributed by atoms with Crippen molar-refractivity contribution in [2.45, 2.75) is 13.0 Å². The van der Waals surface area contributed by atoms with Crippen LogP contribution in [0.2, 0.25) is 5.02 Å². The molecule has 144 valence electrons. The van der Waals surface area contributed by atoms with E-state index in [1.54, 1.807) is 49.4 Å². The third kappa shape index (κ3) is 6.33. The van der Waals surface area contributed by atoms with Gasteiger partial charge in [-0.05, 0) is 53.2 Å². The summed E-state index contributed by atoms with van der Waals surface area (Å²) in [6, 6.07) is 11.9. The van der Waals surface area contributed by atoms with Gasteiger partial charge in [-0.2, -0.15) is 0 Å². The van der Waals surface area contributed by atoms with Gasteiger partial charge in [-0.25, -0.2) is 0 Å². The molecule has 7 nitrogen and oxygen atoms in total. The van der Waals surface area contributed by atoms with Crippen LogP contribution < -0.4 is 25.1 Å². The van der Waals surface area contributed by atoms with Crippen molar-refractivity contribution >= 4 is 39.3 Å². The Bertz CT molecular complexity index is 818. The summed E-state index contributed by atoms with van der Waals surface area (Å²) < 4.78 is 16.7. The first-order chi connectivity index (χ1) is 12.9. The zero-order valence-corrected chi connectivity index (χ0v) is 17.0. The number of para-hydroxylation sites is 2. The van der Waals surface area contributed by atoms with Crippen molar-refractivity contribution in [3.63, 3.8) is 0 Å². The number of nitrogens with one attached hydrogen (secondary N) is 2. The normalized spacial score (nSPS) is 11.3. The minimum Gasteiger partial charge on any atom is -0.493 e. The lowest BCUT2D eigenvalue weighted by Crippen LogP contribution is -2.48. The first-order valence-corrected chi connectivity index (χ1v) is 9.04. The van der Waals surface area contributed by atoms with Gasteiger partial charge in [0.05, 0.1) is 11.6 Å². The Morgan fingerprint density at radius 1 is 1.11 bits per heavy atom. The van der Waals surface area contributed by atoms with Crippen LogP contribution in [0.5, 0.6) is 17.2 Å². The lowest BCUT2D eigenvalue weighted by molar-refractivity contribution is -0.133. The number of hydrogen-bond acceptors (Lipinski definition) is 5. The minimum absolute atomic E-state index is 0.289. The number of rotatable bonds is 7. The fraction of sp³-hybridized carbons (Fsp3) is 0.222. The molecular formula is C18H18BrClN2O5. The molecule has 1 unspecified atom stereocenters. The van der Waals surface area contributed by atoms with Crippen molar-refractivity contribution in [2.75, 3.05) is 13.7 Å². The summed E-state index contributed by atoms with van der Waals surface area (Å²) in [5.41, 5.74) is 4.55. The molecule has 2 N–H and O–H groups in total. The van der Waals surface area contributed by atoms with E-state index in [1.165, 1.54) is 7.11 Å². The molecule has 27 heavy (non-hydrogen) atoms. The summed E-state index contributed by atoms with van der Waals surface area (Å²) in [6.07, 6.45) is -0.854. The molecule has 2 aromatic rings. The number of methoxy groups -OCH3 is 1. The van der Waals surface area contributed by atoms with Crippen LogP contribution in [0.1, 0.15) is 6.92 Å². The average molecular weight is 458 g/mol. The first-order valence-electron chi connectivity index (χ1n) is 7.87. The Balaban J connectivity index is 1.79. The smallest absolute Gasteiger partial charge is 0.279 e. The summed E-state index contributed by atoms with van der Waals surface area (Å²) in [4.78, 5) is 23.9. The molecule has 0 saturated carbocycles. The Morgan fingerprint density at radius 2 is 1.81 bits per heavy atom. The largest absolute Gasteiger partial charge is 0.493 e. The second-order valence-electron chi connectivity index (χ2n) is 5.31. The molecular weight excluding hydrogens is 440 g/mol. The van der Waals surface area contributed by atoms with Gasteiger partial charge in [-0.1, -0.05) is 23.7 Å². The van der Waals surface area contributed by atoms with Gasteiger partial charge >= 0.3 is 0 Å². The van der Waals surface area contributed by atoms with Crippen molar-refractivity contribution < 1.29 is 23.8 Å². The molecule has 2 aromatic carbocycles. The number of carbonyl (C=O) groups excluding carboxylic acids is 2. The van der Waals surface area contributed by atoms with Crippen LogP contribution in [-0.4, -0.2) is 31.6 Å². The van der Waals surface area contributed by atoms with Crippen LogP contribution in [0.15, 0.2) is 46.9 Å². The summed E-state index contributed by atoms with van der Waals surface area (Å²) in [5.74, 6) is 0.318. The molecule has 0 spiro atoms. The average Bonchev–Trinajstić information content (AvgIpc) is 2.65. The van der Waals surface area contributed by atoms with E-state index in [1.807, 2.05) is 0 Å². The lowest BCUT2D eigenvalue weighted by atomic mass is 10.3. The van der Waals surface area contributed by atoms with Crippen molar-refractivity contribution in [3.8, 4) is 17.2 Å². The number of carbonyl (C=O) groups is 2. The van der Waals surface area contributed by atoms with E-state index in [9.17, 15) is 9.59 Å². The molecule has 0 saturated heterocycles. The topological polar surface area (TPSA) is 85.9 Å². The van der Waals surface area contributed by atoms with Crippen LogP contribution in [0.3, 0.4) is 0 Å². The highest BCUT2D eigenvalue weighted by molar-refractivity contribution is 9.10. The Labute approximate surface area is 170 Å². The second-order valence-corrected chi connectivity index (χ2v) is 6.60. The monoisotopic (exact) mass is 456 g/mol. The zero-order chi connectivity index (χ0) is 19.8. The fourth-order valence-corrected chi connectivity index (χ4v) is 2.76. The third-order valence-corrected chi connectivity index (χ3v) is 4.17. The van der Waals surface area contributed by atoms with E-state index in [2.05, 4.69) is 26.8 Å². The maximum absolute atomic E-state index is 12.1. The maximum Gasteiger partial charge on any atom is 0.279 e. The number of amides is 2. The summed E-state index contributed by atoms with van der Waals surface area (Å²) >= 11 is 9.12. The van der Waals surface area contributed by atoms with Crippen LogP contribution in [-0.2, 0) is 9.59 Å². The lowest BCUT2D eigenvalue weighted by Gasteiger charge is -2.17. The molecule has 1 atom stereocenters. The fourth-order valence-electron chi connectivity index (χ4n) is 1.96. The van der Waals surface area contributed by atoms with Crippen molar-refractivity contribution in [1.82, 2.24) is 10.9 Å². The predicted molar refractivity (Wildman–Crippen MR) is 104 cm³/mol. The zero-order valence-electron chi connectivity index (χ0n) is 14.6. The molecule has 0 bridgehead atoms. The van der Waals surface area contributed by atoms with Gasteiger partial charge in [0.15, 0.2) is 24.2 Å². The van der Waals surface area contributed by atoms with Crippen LogP contribution in [0, 0.1) is 0 Å². The molecule has 0 aliphatic heterocycles. The minimum atomic E-state index is -0.854. The van der Waals surface area contributed by atoms with Gasteiger partial charge in [-0.3, -0.25) is 20.4 Å². The molecule has 0 heterocycles. The van der Waals surface area contributed by atoms with Crippen molar-refractivity contribution in [1.29, 1.82) is 0 Å². The quantitative estimate of drug-likeness (QED) is 0.624. The van der Waals surface area contributed by atoms with E-state index in [0.29, 0.717) is 26.7 Å². The highest BCUT2D eigenvalue weighted by atomic mass is 79.9. The maximum atomic E-state index is 12.1. The summed E-state index contributed by atoms with van der Waals surface area (Å²) in [7, 11) is 1.51. The second kappa shape index (κ2) is 10.0. The number of hydrazine groups is 1. The number of ether oxygens (including phenoxy) is 3. The number of benzene rings is 2. The molecule has 0 aliphatic carbocycles. The van der Waals surface area contributed by atoms with E-state index < -0.39 is 17.9 Å². The predicted octanol–water partition coefficient (Wildman–Crippen LogP) is 3.10. The molecule has 9 heteroatoms. The van der Waals surface area contributed by atoms with Crippen LogP contribution in [0.4, 0.5) is 0 Å².